The van der Waals surface area contributed by atoms with E-state index in [0.717, 1.165) is 49.0 Å². The lowest BCUT2D eigenvalue weighted by Gasteiger charge is -2.37. The molecule has 1 amide bonds. The third kappa shape index (κ3) is 6.16. The van der Waals surface area contributed by atoms with Gasteiger partial charge in [-0.2, -0.15) is 0 Å². The number of piperidine rings is 1. The Morgan fingerprint density at radius 2 is 1.61 bits per heavy atom. The van der Waals surface area contributed by atoms with Crippen LogP contribution in [0.4, 0.5) is 0 Å². The zero-order valence-corrected chi connectivity index (χ0v) is 18.5. The molecule has 1 aliphatic heterocycles. The second-order valence-corrected chi connectivity index (χ2v) is 8.51. The van der Waals surface area contributed by atoms with Gasteiger partial charge in [0.2, 0.25) is 5.91 Å². The van der Waals surface area contributed by atoms with Crippen LogP contribution in [0.1, 0.15) is 41.9 Å². The van der Waals surface area contributed by atoms with Crippen LogP contribution >= 0.6 is 0 Å². The highest BCUT2D eigenvalue weighted by atomic mass is 16.5. The molecular formula is C26H35NO4. The third-order valence-corrected chi connectivity index (χ3v) is 6.38. The standard InChI is InChI=1S/C26H35NO4/c1-20-10-6-7-13-23(20)25(26(30)27-14-8-3-9-15-27)24(22(16-28)17-29)19-31-18-21-11-4-2-5-12-21/h2,4-7,10-13,22,24-25,28-29H,3,8-9,14-19H2,1H3. The summed E-state index contributed by atoms with van der Waals surface area (Å²) in [5.74, 6) is -1.14. The van der Waals surface area contributed by atoms with Gasteiger partial charge >= 0.3 is 0 Å². The number of ether oxygens (including phenoxy) is 1. The van der Waals surface area contributed by atoms with Crippen molar-refractivity contribution in [2.75, 3.05) is 32.9 Å². The molecular weight excluding hydrogens is 390 g/mol. The van der Waals surface area contributed by atoms with E-state index in [2.05, 4.69) is 0 Å². The molecule has 2 aromatic rings. The molecule has 0 radical (unpaired) electrons. The quantitative estimate of drug-likeness (QED) is 0.611. The average Bonchev–Trinajstić information content (AvgIpc) is 2.82. The lowest BCUT2D eigenvalue weighted by Crippen LogP contribution is -2.44. The smallest absolute Gasteiger partial charge is 0.230 e. The van der Waals surface area contributed by atoms with Gasteiger partial charge < -0.3 is 19.8 Å². The van der Waals surface area contributed by atoms with E-state index in [1.165, 1.54) is 0 Å². The fourth-order valence-electron chi connectivity index (χ4n) is 4.51. The van der Waals surface area contributed by atoms with Crippen LogP contribution in [-0.4, -0.2) is 53.9 Å². The Kier molecular flexibility index (Phi) is 9.07. The van der Waals surface area contributed by atoms with E-state index in [1.54, 1.807) is 0 Å². The van der Waals surface area contributed by atoms with Crippen LogP contribution in [0.5, 0.6) is 0 Å². The summed E-state index contributed by atoms with van der Waals surface area (Å²) in [4.78, 5) is 15.7. The SMILES string of the molecule is Cc1ccccc1C(C(=O)N1CCCCC1)C(COCc1ccccc1)C(CO)CO. The number of carbonyl (C=O) groups excluding carboxylic acids is 1. The first kappa shape index (κ1) is 23.5. The molecule has 0 aliphatic carbocycles. The zero-order chi connectivity index (χ0) is 22.1. The maximum atomic E-state index is 13.8. The Labute approximate surface area is 185 Å². The van der Waals surface area contributed by atoms with E-state index >= 15 is 0 Å². The lowest BCUT2D eigenvalue weighted by atomic mass is 9.76. The van der Waals surface area contributed by atoms with Crippen LogP contribution in [0.15, 0.2) is 54.6 Å². The summed E-state index contributed by atoms with van der Waals surface area (Å²) in [5.41, 5.74) is 3.06. The van der Waals surface area contributed by atoms with E-state index in [9.17, 15) is 15.0 Å². The van der Waals surface area contributed by atoms with Crippen molar-refractivity contribution in [1.29, 1.82) is 0 Å². The van der Waals surface area contributed by atoms with Gasteiger partial charge in [0.1, 0.15) is 0 Å². The summed E-state index contributed by atoms with van der Waals surface area (Å²) in [6.45, 7) is 3.89. The zero-order valence-electron chi connectivity index (χ0n) is 18.5. The van der Waals surface area contributed by atoms with Crippen LogP contribution in [-0.2, 0) is 16.1 Å². The Bertz CT molecular complexity index is 800. The number of likely N-dealkylation sites (tertiary alicyclic amines) is 1. The third-order valence-electron chi connectivity index (χ3n) is 6.38. The van der Waals surface area contributed by atoms with E-state index < -0.39 is 11.8 Å². The van der Waals surface area contributed by atoms with Crippen molar-refractivity contribution in [2.24, 2.45) is 11.8 Å². The second kappa shape index (κ2) is 12.0. The number of nitrogens with zero attached hydrogens (tertiary/aromatic N) is 1. The molecule has 0 spiro atoms. The van der Waals surface area contributed by atoms with Crippen molar-refractivity contribution >= 4 is 5.91 Å². The van der Waals surface area contributed by atoms with Crippen LogP contribution in [0.25, 0.3) is 0 Å². The molecule has 0 bridgehead atoms. The fraction of sp³-hybridized carbons (Fsp3) is 0.500. The molecule has 2 aromatic carbocycles. The van der Waals surface area contributed by atoms with Crippen LogP contribution in [0.2, 0.25) is 0 Å². The molecule has 1 heterocycles. The van der Waals surface area contributed by atoms with Gasteiger partial charge in [0.05, 0.1) is 19.1 Å². The number of aliphatic hydroxyl groups excluding tert-OH is 2. The minimum atomic E-state index is -0.459. The largest absolute Gasteiger partial charge is 0.396 e. The molecule has 0 saturated carbocycles. The molecule has 0 aromatic heterocycles. The number of hydrogen-bond acceptors (Lipinski definition) is 4. The van der Waals surface area contributed by atoms with Crippen molar-refractivity contribution in [2.45, 2.75) is 38.7 Å². The summed E-state index contributed by atoms with van der Waals surface area (Å²) >= 11 is 0. The predicted molar refractivity (Wildman–Crippen MR) is 122 cm³/mol. The molecule has 2 atom stereocenters. The Morgan fingerprint density at radius 3 is 2.26 bits per heavy atom. The highest BCUT2D eigenvalue weighted by Gasteiger charge is 2.38. The van der Waals surface area contributed by atoms with Gasteiger partial charge in [0, 0.05) is 38.1 Å². The molecule has 5 heteroatoms. The Hall–Kier alpha value is -2.21. The second-order valence-electron chi connectivity index (χ2n) is 8.51. The first-order valence-corrected chi connectivity index (χ1v) is 11.3. The minimum absolute atomic E-state index is 0.0780. The van der Waals surface area contributed by atoms with Gasteiger partial charge in [0.25, 0.3) is 0 Å². The average molecular weight is 426 g/mol. The fourth-order valence-corrected chi connectivity index (χ4v) is 4.51. The van der Waals surface area contributed by atoms with Crippen molar-refractivity contribution in [3.05, 3.63) is 71.3 Å². The summed E-state index contributed by atoms with van der Waals surface area (Å²) in [5, 5.41) is 20.1. The molecule has 31 heavy (non-hydrogen) atoms. The van der Waals surface area contributed by atoms with Crippen LogP contribution < -0.4 is 0 Å². The highest BCUT2D eigenvalue weighted by Crippen LogP contribution is 2.35. The number of amides is 1. The maximum absolute atomic E-state index is 13.8. The van der Waals surface area contributed by atoms with Crippen molar-refractivity contribution < 1.29 is 19.7 Å². The number of rotatable bonds is 10. The van der Waals surface area contributed by atoms with E-state index in [4.69, 9.17) is 4.74 Å². The molecule has 1 aliphatic rings. The van der Waals surface area contributed by atoms with E-state index in [1.807, 2.05) is 66.4 Å². The van der Waals surface area contributed by atoms with Gasteiger partial charge in [-0.15, -0.1) is 0 Å². The molecule has 2 unspecified atom stereocenters. The minimum Gasteiger partial charge on any atom is -0.396 e. The van der Waals surface area contributed by atoms with Gasteiger partial charge in [-0.3, -0.25) is 4.79 Å². The van der Waals surface area contributed by atoms with Gasteiger partial charge in [-0.25, -0.2) is 0 Å². The lowest BCUT2D eigenvalue weighted by molar-refractivity contribution is -0.137. The molecule has 168 valence electrons. The van der Waals surface area contributed by atoms with E-state index in [-0.39, 0.29) is 25.0 Å². The molecule has 5 nitrogen and oxygen atoms in total. The number of carbonyl (C=O) groups is 1. The number of benzene rings is 2. The van der Waals surface area contributed by atoms with Crippen LogP contribution in [0.3, 0.4) is 0 Å². The highest BCUT2D eigenvalue weighted by molar-refractivity contribution is 5.84. The summed E-state index contributed by atoms with van der Waals surface area (Å²) < 4.78 is 6.05. The first-order chi connectivity index (χ1) is 15.2. The molecule has 3 rings (SSSR count). The molecule has 1 saturated heterocycles. The topological polar surface area (TPSA) is 70.0 Å². The molecule has 2 N–H and O–H groups in total. The number of aryl methyl sites for hydroxylation is 1. The predicted octanol–water partition coefficient (Wildman–Crippen LogP) is 3.52. The van der Waals surface area contributed by atoms with E-state index in [0.29, 0.717) is 13.2 Å². The molecule has 1 fully saturated rings. The first-order valence-electron chi connectivity index (χ1n) is 11.3. The van der Waals surface area contributed by atoms with Gasteiger partial charge in [-0.05, 0) is 42.9 Å². The van der Waals surface area contributed by atoms with Crippen molar-refractivity contribution in [3.63, 3.8) is 0 Å². The van der Waals surface area contributed by atoms with Gasteiger partial charge in [0.15, 0.2) is 0 Å². The summed E-state index contributed by atoms with van der Waals surface area (Å²) in [7, 11) is 0. The summed E-state index contributed by atoms with van der Waals surface area (Å²) in [6, 6.07) is 17.8. The van der Waals surface area contributed by atoms with Crippen molar-refractivity contribution in [1.82, 2.24) is 4.90 Å². The Balaban J connectivity index is 1.89. The normalized spacial score (nSPS) is 16.3. The van der Waals surface area contributed by atoms with Gasteiger partial charge in [-0.1, -0.05) is 54.6 Å². The monoisotopic (exact) mass is 425 g/mol. The number of aliphatic hydroxyl groups is 2. The maximum Gasteiger partial charge on any atom is 0.230 e. The van der Waals surface area contributed by atoms with Crippen LogP contribution in [0, 0.1) is 18.8 Å². The van der Waals surface area contributed by atoms with Crippen molar-refractivity contribution in [3.8, 4) is 0 Å². The summed E-state index contributed by atoms with van der Waals surface area (Å²) in [6.07, 6.45) is 3.19. The Morgan fingerprint density at radius 1 is 0.968 bits per heavy atom. The number of hydrogen-bond donors (Lipinski definition) is 2.